The number of hydrogen-bond donors (Lipinski definition) is 1. The average molecular weight is 661 g/mol. The number of para-hydroxylation sites is 1. The Morgan fingerprint density at radius 1 is 0.520 bits per heavy atom. The maximum atomic E-state index is 6.55. The molecule has 0 amide bonds. The summed E-state index contributed by atoms with van der Waals surface area (Å²) in [6, 6.07) is 59.4. The molecule has 2 N–H and O–H groups in total. The number of nitrogens with two attached hydrogens (primary N) is 1. The van der Waals surface area contributed by atoms with Crippen molar-refractivity contribution in [2.24, 2.45) is 15.7 Å². The number of thiophene rings is 1. The summed E-state index contributed by atoms with van der Waals surface area (Å²) in [5.41, 5.74) is 15.2. The fraction of sp³-hybridized carbons (Fsp3) is 0.0222. The Hall–Kier alpha value is -6.30. The van der Waals surface area contributed by atoms with E-state index in [0.717, 1.165) is 27.9 Å². The second-order valence-corrected chi connectivity index (χ2v) is 13.5. The molecule has 0 saturated heterocycles. The lowest BCUT2D eigenvalue weighted by Gasteiger charge is -2.10. The minimum Gasteiger partial charge on any atom is -0.383 e. The van der Waals surface area contributed by atoms with Gasteiger partial charge in [0.1, 0.15) is 5.84 Å². The summed E-state index contributed by atoms with van der Waals surface area (Å²) < 4.78 is 4.99. The van der Waals surface area contributed by atoms with Gasteiger partial charge in [0.2, 0.25) is 0 Å². The molecule has 0 radical (unpaired) electrons. The molecule has 0 unspecified atom stereocenters. The molecule has 0 aliphatic heterocycles. The van der Waals surface area contributed by atoms with Gasteiger partial charge in [-0.2, -0.15) is 0 Å². The molecule has 0 fully saturated rings. The summed E-state index contributed by atoms with van der Waals surface area (Å²) >= 11 is 1.85. The first-order chi connectivity index (χ1) is 24.7. The molecule has 5 heteroatoms. The van der Waals surface area contributed by atoms with Crippen LogP contribution < -0.4 is 5.73 Å². The molecule has 2 aromatic heterocycles. The van der Waals surface area contributed by atoms with Gasteiger partial charge >= 0.3 is 0 Å². The van der Waals surface area contributed by atoms with E-state index in [0.29, 0.717) is 18.2 Å². The Morgan fingerprint density at radius 2 is 1.22 bits per heavy atom. The molecule has 0 bridgehead atoms. The van der Waals surface area contributed by atoms with Crippen molar-refractivity contribution in [1.29, 1.82) is 0 Å². The molecule has 0 aliphatic carbocycles. The summed E-state index contributed by atoms with van der Waals surface area (Å²) in [5.74, 6) is 1.03. The van der Waals surface area contributed by atoms with Crippen molar-refractivity contribution in [1.82, 2.24) is 4.57 Å². The fourth-order valence-electron chi connectivity index (χ4n) is 6.85. The quantitative estimate of drug-likeness (QED) is 0.140. The third-order valence-electron chi connectivity index (χ3n) is 9.30. The van der Waals surface area contributed by atoms with Gasteiger partial charge < -0.3 is 10.3 Å². The van der Waals surface area contributed by atoms with Crippen molar-refractivity contribution < 1.29 is 0 Å². The van der Waals surface area contributed by atoms with Crippen molar-refractivity contribution in [3.05, 3.63) is 187 Å². The van der Waals surface area contributed by atoms with Gasteiger partial charge in [-0.3, -0.25) is 4.99 Å². The van der Waals surface area contributed by atoms with Crippen molar-refractivity contribution in [3.8, 4) is 16.8 Å². The SMILES string of the molecule is N/C(=N\C(=N/Cc1cccc(-n2c3ccccc3c3cc4c(cc32)sc2ccccc24)c1)c1ccc(-c2ccccc2)cc1)c1ccccc1. The van der Waals surface area contributed by atoms with Gasteiger partial charge in [0, 0.05) is 47.8 Å². The Balaban J connectivity index is 1.13. The van der Waals surface area contributed by atoms with E-state index in [9.17, 15) is 0 Å². The van der Waals surface area contributed by atoms with Gasteiger partial charge in [0.25, 0.3) is 0 Å². The number of aliphatic imine (C=N–C) groups is 2. The first kappa shape index (κ1) is 29.8. The molecule has 2 heterocycles. The highest BCUT2D eigenvalue weighted by atomic mass is 32.1. The lowest BCUT2D eigenvalue weighted by Crippen LogP contribution is -2.16. The van der Waals surface area contributed by atoms with E-state index in [2.05, 4.69) is 138 Å². The van der Waals surface area contributed by atoms with E-state index >= 15 is 0 Å². The van der Waals surface area contributed by atoms with Gasteiger partial charge in [-0.25, -0.2) is 4.99 Å². The van der Waals surface area contributed by atoms with E-state index in [-0.39, 0.29) is 0 Å². The van der Waals surface area contributed by atoms with Crippen LogP contribution in [0.5, 0.6) is 0 Å². The lowest BCUT2D eigenvalue weighted by molar-refractivity contribution is 1.05. The number of hydrogen-bond acceptors (Lipinski definition) is 2. The van der Waals surface area contributed by atoms with Crippen LogP contribution in [0.2, 0.25) is 0 Å². The highest BCUT2D eigenvalue weighted by molar-refractivity contribution is 7.25. The summed E-state index contributed by atoms with van der Waals surface area (Å²) in [6.07, 6.45) is 0. The first-order valence-electron chi connectivity index (χ1n) is 16.7. The maximum absolute atomic E-state index is 6.55. The molecule has 9 rings (SSSR count). The van der Waals surface area contributed by atoms with Crippen molar-refractivity contribution in [3.63, 3.8) is 0 Å². The number of nitrogens with zero attached hydrogens (tertiary/aromatic N) is 3. The van der Waals surface area contributed by atoms with Crippen LogP contribution in [-0.4, -0.2) is 16.2 Å². The second kappa shape index (κ2) is 12.6. The van der Waals surface area contributed by atoms with Gasteiger partial charge in [-0.15, -0.1) is 11.3 Å². The predicted molar refractivity (Wildman–Crippen MR) is 213 cm³/mol. The molecule has 4 nitrogen and oxygen atoms in total. The predicted octanol–water partition coefficient (Wildman–Crippen LogP) is 11.2. The number of rotatable bonds is 6. The molecular formula is C45H32N4S. The summed E-state index contributed by atoms with van der Waals surface area (Å²) in [5, 5.41) is 5.12. The molecular weight excluding hydrogens is 629 g/mol. The Labute approximate surface area is 294 Å². The zero-order valence-electron chi connectivity index (χ0n) is 27.2. The zero-order chi connectivity index (χ0) is 33.4. The third kappa shape index (κ3) is 5.44. The van der Waals surface area contributed by atoms with Crippen LogP contribution in [0.4, 0.5) is 0 Å². The topological polar surface area (TPSA) is 55.7 Å². The molecule has 0 atom stereocenters. The van der Waals surface area contributed by atoms with Crippen LogP contribution in [-0.2, 0) is 6.54 Å². The van der Waals surface area contributed by atoms with Crippen LogP contribution in [0.25, 0.3) is 58.8 Å². The Bertz CT molecular complexity index is 2720. The number of amidine groups is 2. The number of fused-ring (bicyclic) bond motifs is 6. The Morgan fingerprint density at radius 3 is 2.04 bits per heavy atom. The van der Waals surface area contributed by atoms with Crippen LogP contribution in [0.15, 0.2) is 180 Å². The van der Waals surface area contributed by atoms with Crippen molar-refractivity contribution in [2.45, 2.75) is 6.54 Å². The van der Waals surface area contributed by atoms with Crippen LogP contribution in [0.3, 0.4) is 0 Å². The molecule has 0 aliphatic rings. The van der Waals surface area contributed by atoms with E-state index in [1.165, 1.54) is 47.5 Å². The highest BCUT2D eigenvalue weighted by Gasteiger charge is 2.16. The fourth-order valence-corrected chi connectivity index (χ4v) is 7.97. The van der Waals surface area contributed by atoms with Crippen LogP contribution >= 0.6 is 11.3 Å². The van der Waals surface area contributed by atoms with Gasteiger partial charge in [-0.1, -0.05) is 133 Å². The normalized spacial score (nSPS) is 12.4. The molecule has 0 spiro atoms. The van der Waals surface area contributed by atoms with Crippen molar-refractivity contribution in [2.75, 3.05) is 0 Å². The van der Waals surface area contributed by atoms with Crippen LogP contribution in [0, 0.1) is 0 Å². The Kier molecular flexibility index (Phi) is 7.52. The number of benzene rings is 7. The summed E-state index contributed by atoms with van der Waals surface area (Å²) in [6.45, 7) is 0.451. The largest absolute Gasteiger partial charge is 0.383 e. The van der Waals surface area contributed by atoms with E-state index in [1.54, 1.807) is 0 Å². The minimum absolute atomic E-state index is 0.433. The first-order valence-corrected chi connectivity index (χ1v) is 17.5. The third-order valence-corrected chi connectivity index (χ3v) is 10.4. The zero-order valence-corrected chi connectivity index (χ0v) is 28.0. The second-order valence-electron chi connectivity index (χ2n) is 12.4. The van der Waals surface area contributed by atoms with Gasteiger partial charge in [0.05, 0.1) is 17.6 Å². The average Bonchev–Trinajstić information content (AvgIpc) is 3.71. The molecule has 238 valence electrons. The monoisotopic (exact) mass is 660 g/mol. The van der Waals surface area contributed by atoms with Crippen LogP contribution in [0.1, 0.15) is 16.7 Å². The number of aromatic nitrogens is 1. The molecule has 7 aromatic carbocycles. The molecule has 50 heavy (non-hydrogen) atoms. The van der Waals surface area contributed by atoms with E-state index in [4.69, 9.17) is 15.7 Å². The molecule has 9 aromatic rings. The van der Waals surface area contributed by atoms with Crippen molar-refractivity contribution >= 4 is 65.0 Å². The lowest BCUT2D eigenvalue weighted by atomic mass is 10.0. The molecule has 0 saturated carbocycles. The standard InChI is InChI=1S/C45H32N4S/c46-44(33-15-5-2-6-16-33)48-45(34-24-22-32(23-25-34)31-13-3-1-4-14-31)47-29-30-12-11-17-35(26-30)49-40-20-9-7-18-36(40)38-27-39-37-19-8-10-21-42(37)50-43(39)28-41(38)49/h1-28H,29H2,(H2,46,47,48). The van der Waals surface area contributed by atoms with E-state index in [1.807, 2.05) is 47.7 Å². The summed E-state index contributed by atoms with van der Waals surface area (Å²) in [7, 11) is 0. The summed E-state index contributed by atoms with van der Waals surface area (Å²) in [4.78, 5) is 9.96. The minimum atomic E-state index is 0.433. The highest BCUT2D eigenvalue weighted by Crippen LogP contribution is 2.40. The van der Waals surface area contributed by atoms with E-state index < -0.39 is 0 Å². The maximum Gasteiger partial charge on any atom is 0.157 e. The smallest absolute Gasteiger partial charge is 0.157 e. The van der Waals surface area contributed by atoms with Gasteiger partial charge in [-0.05, 0) is 53.1 Å². The van der Waals surface area contributed by atoms with Gasteiger partial charge in [0.15, 0.2) is 5.84 Å².